The summed E-state index contributed by atoms with van der Waals surface area (Å²) >= 11 is 0. The Morgan fingerprint density at radius 1 is 1.35 bits per heavy atom. The Hall–Kier alpha value is -2.93. The standard InChI is InChI=1S/C19H21N5O2/c1-22-9-15(8-21-22)18-11-24(10-16(18)12-25)19(26)14-3-2-4-17(7-14)23-6-5-20-13-23/h2-9,13,16,18,25H,10-12H2,1H3/t16-,18-/m0/s1. The summed E-state index contributed by atoms with van der Waals surface area (Å²) in [7, 11) is 1.87. The van der Waals surface area contributed by atoms with E-state index >= 15 is 0 Å². The van der Waals surface area contributed by atoms with Gasteiger partial charge >= 0.3 is 0 Å². The van der Waals surface area contributed by atoms with Gasteiger partial charge in [-0.15, -0.1) is 0 Å². The van der Waals surface area contributed by atoms with Crippen LogP contribution < -0.4 is 0 Å². The molecule has 0 unspecified atom stereocenters. The Morgan fingerprint density at radius 2 is 2.23 bits per heavy atom. The highest BCUT2D eigenvalue weighted by atomic mass is 16.3. The lowest BCUT2D eigenvalue weighted by Crippen LogP contribution is -2.29. The van der Waals surface area contributed by atoms with Crippen LogP contribution in [0.4, 0.5) is 0 Å². The molecule has 0 radical (unpaired) electrons. The number of aryl methyl sites for hydroxylation is 1. The van der Waals surface area contributed by atoms with Crippen molar-refractivity contribution in [3.05, 3.63) is 66.5 Å². The number of hydrogen-bond acceptors (Lipinski definition) is 4. The van der Waals surface area contributed by atoms with Crippen molar-refractivity contribution in [2.24, 2.45) is 13.0 Å². The van der Waals surface area contributed by atoms with Gasteiger partial charge in [0, 0.05) is 68.4 Å². The van der Waals surface area contributed by atoms with Crippen molar-refractivity contribution in [2.45, 2.75) is 5.92 Å². The first-order valence-corrected chi connectivity index (χ1v) is 8.63. The summed E-state index contributed by atoms with van der Waals surface area (Å²) in [6.07, 6.45) is 9.04. The smallest absolute Gasteiger partial charge is 0.253 e. The zero-order valence-corrected chi connectivity index (χ0v) is 14.6. The van der Waals surface area contributed by atoms with E-state index in [1.807, 2.05) is 59.4 Å². The molecule has 0 aliphatic carbocycles. The molecule has 26 heavy (non-hydrogen) atoms. The van der Waals surface area contributed by atoms with Crippen LogP contribution in [-0.4, -0.2) is 54.9 Å². The topological polar surface area (TPSA) is 76.2 Å². The molecule has 4 rings (SSSR count). The SMILES string of the molecule is Cn1cc([C@@H]2CN(C(=O)c3cccc(-n4ccnc4)c3)C[C@H]2CO)cn1. The van der Waals surface area contributed by atoms with Crippen LogP contribution in [-0.2, 0) is 7.05 Å². The second kappa shape index (κ2) is 6.76. The second-order valence-corrected chi connectivity index (χ2v) is 6.73. The van der Waals surface area contributed by atoms with Gasteiger partial charge in [-0.25, -0.2) is 4.98 Å². The maximum atomic E-state index is 13.0. The number of aliphatic hydroxyl groups excluding tert-OH is 1. The summed E-state index contributed by atoms with van der Waals surface area (Å²) in [6, 6.07) is 7.52. The minimum atomic E-state index is -0.0168. The lowest BCUT2D eigenvalue weighted by molar-refractivity contribution is 0.0781. The van der Waals surface area contributed by atoms with Gasteiger partial charge in [-0.2, -0.15) is 5.10 Å². The van der Waals surface area contributed by atoms with Gasteiger partial charge in [-0.1, -0.05) is 6.07 Å². The average Bonchev–Trinajstić information content (AvgIpc) is 3.41. The molecule has 134 valence electrons. The van der Waals surface area contributed by atoms with Gasteiger partial charge in [0.15, 0.2) is 0 Å². The molecule has 3 aromatic rings. The zero-order valence-electron chi connectivity index (χ0n) is 14.6. The first-order chi connectivity index (χ1) is 12.7. The molecule has 2 atom stereocenters. The molecule has 3 heterocycles. The molecule has 1 aromatic carbocycles. The number of aliphatic hydroxyl groups is 1. The van der Waals surface area contributed by atoms with Gasteiger partial charge in [0.25, 0.3) is 5.91 Å². The summed E-state index contributed by atoms with van der Waals surface area (Å²) in [6.45, 7) is 1.19. The summed E-state index contributed by atoms with van der Waals surface area (Å²) in [5, 5.41) is 14.0. The van der Waals surface area contributed by atoms with Gasteiger partial charge < -0.3 is 14.6 Å². The van der Waals surface area contributed by atoms with Crippen molar-refractivity contribution in [3.63, 3.8) is 0 Å². The van der Waals surface area contributed by atoms with Crippen molar-refractivity contribution in [1.82, 2.24) is 24.2 Å². The first kappa shape index (κ1) is 16.5. The van der Waals surface area contributed by atoms with Crippen molar-refractivity contribution in [3.8, 4) is 5.69 Å². The van der Waals surface area contributed by atoms with Gasteiger partial charge in [0.2, 0.25) is 0 Å². The van der Waals surface area contributed by atoms with Crippen LogP contribution in [0.3, 0.4) is 0 Å². The lowest BCUT2D eigenvalue weighted by atomic mass is 9.92. The lowest BCUT2D eigenvalue weighted by Gasteiger charge is -2.17. The van der Waals surface area contributed by atoms with Crippen LogP contribution in [0.25, 0.3) is 5.69 Å². The number of hydrogen-bond donors (Lipinski definition) is 1. The Kier molecular flexibility index (Phi) is 4.30. The number of benzene rings is 1. The molecule has 1 aliphatic heterocycles. The van der Waals surface area contributed by atoms with Crippen LogP contribution in [0.5, 0.6) is 0 Å². The van der Waals surface area contributed by atoms with Gasteiger partial charge in [-0.3, -0.25) is 9.48 Å². The monoisotopic (exact) mass is 351 g/mol. The predicted octanol–water partition coefficient (Wildman–Crippen LogP) is 1.45. The molecule has 2 aromatic heterocycles. The summed E-state index contributed by atoms with van der Waals surface area (Å²) in [5.41, 5.74) is 2.60. The fraction of sp³-hybridized carbons (Fsp3) is 0.316. The highest BCUT2D eigenvalue weighted by Crippen LogP contribution is 2.33. The summed E-state index contributed by atoms with van der Waals surface area (Å²) in [5.74, 6) is 0.117. The largest absolute Gasteiger partial charge is 0.396 e. The zero-order chi connectivity index (χ0) is 18.1. The number of nitrogens with zero attached hydrogens (tertiary/aromatic N) is 5. The van der Waals surface area contributed by atoms with E-state index < -0.39 is 0 Å². The number of imidazole rings is 1. The molecule has 1 aliphatic rings. The third-order valence-electron chi connectivity index (χ3n) is 5.01. The molecule has 1 N–H and O–H groups in total. The predicted molar refractivity (Wildman–Crippen MR) is 96.0 cm³/mol. The van der Waals surface area contributed by atoms with Crippen LogP contribution in [0.1, 0.15) is 21.8 Å². The number of aromatic nitrogens is 4. The average molecular weight is 351 g/mol. The van der Waals surface area contributed by atoms with Crippen LogP contribution in [0.2, 0.25) is 0 Å². The number of rotatable bonds is 4. The van der Waals surface area contributed by atoms with Gasteiger partial charge in [0.05, 0.1) is 12.5 Å². The van der Waals surface area contributed by atoms with Crippen LogP contribution in [0.15, 0.2) is 55.4 Å². The second-order valence-electron chi connectivity index (χ2n) is 6.73. The molecule has 0 saturated carbocycles. The van der Waals surface area contributed by atoms with E-state index in [-0.39, 0.29) is 24.3 Å². The van der Waals surface area contributed by atoms with Crippen molar-refractivity contribution >= 4 is 5.91 Å². The van der Waals surface area contributed by atoms with Crippen molar-refractivity contribution in [2.75, 3.05) is 19.7 Å². The maximum absolute atomic E-state index is 13.0. The number of amides is 1. The molecule has 0 bridgehead atoms. The molecule has 7 nitrogen and oxygen atoms in total. The van der Waals surface area contributed by atoms with Crippen molar-refractivity contribution in [1.29, 1.82) is 0 Å². The van der Waals surface area contributed by atoms with Crippen LogP contribution in [0, 0.1) is 5.92 Å². The Morgan fingerprint density at radius 3 is 2.92 bits per heavy atom. The summed E-state index contributed by atoms with van der Waals surface area (Å²) < 4.78 is 3.62. The highest BCUT2D eigenvalue weighted by molar-refractivity contribution is 5.95. The molecular formula is C19H21N5O2. The third kappa shape index (κ3) is 3.01. The van der Waals surface area contributed by atoms with Crippen LogP contribution >= 0.6 is 0 Å². The molecule has 1 saturated heterocycles. The minimum Gasteiger partial charge on any atom is -0.396 e. The van der Waals surface area contributed by atoms with E-state index in [0.29, 0.717) is 18.7 Å². The highest BCUT2D eigenvalue weighted by Gasteiger charge is 2.36. The number of likely N-dealkylation sites (tertiary alicyclic amines) is 1. The molecular weight excluding hydrogens is 330 g/mol. The van der Waals surface area contributed by atoms with Gasteiger partial charge in [-0.05, 0) is 23.8 Å². The number of carbonyl (C=O) groups excluding carboxylic acids is 1. The Balaban J connectivity index is 1.56. The van der Waals surface area contributed by atoms with E-state index in [0.717, 1.165) is 11.3 Å². The normalized spacial score (nSPS) is 19.8. The Labute approximate surface area is 151 Å². The fourth-order valence-corrected chi connectivity index (χ4v) is 3.63. The van der Waals surface area contributed by atoms with E-state index in [2.05, 4.69) is 10.1 Å². The summed E-state index contributed by atoms with van der Waals surface area (Å²) in [4.78, 5) is 18.9. The Bertz CT molecular complexity index is 902. The first-order valence-electron chi connectivity index (χ1n) is 8.63. The van der Waals surface area contributed by atoms with E-state index in [1.165, 1.54) is 0 Å². The maximum Gasteiger partial charge on any atom is 0.253 e. The van der Waals surface area contributed by atoms with Crippen molar-refractivity contribution < 1.29 is 9.90 Å². The van der Waals surface area contributed by atoms with E-state index in [4.69, 9.17) is 0 Å². The quantitative estimate of drug-likeness (QED) is 0.772. The fourth-order valence-electron chi connectivity index (χ4n) is 3.63. The molecule has 7 heteroatoms. The molecule has 0 spiro atoms. The van der Waals surface area contributed by atoms with E-state index in [9.17, 15) is 9.90 Å². The minimum absolute atomic E-state index is 0.0168. The third-order valence-corrected chi connectivity index (χ3v) is 5.01. The van der Waals surface area contributed by atoms with E-state index in [1.54, 1.807) is 17.2 Å². The molecule has 1 fully saturated rings. The number of carbonyl (C=O) groups is 1. The molecule has 1 amide bonds. The van der Waals surface area contributed by atoms with Gasteiger partial charge in [0.1, 0.15) is 0 Å².